The van der Waals surface area contributed by atoms with Crippen molar-refractivity contribution in [3.63, 3.8) is 0 Å². The van der Waals surface area contributed by atoms with Crippen molar-refractivity contribution in [2.75, 3.05) is 5.32 Å². The first kappa shape index (κ1) is 18.9. The summed E-state index contributed by atoms with van der Waals surface area (Å²) < 4.78 is 6.71. The van der Waals surface area contributed by atoms with Crippen LogP contribution in [0.4, 0.5) is 10.8 Å². The summed E-state index contributed by atoms with van der Waals surface area (Å²) in [7, 11) is 0. The lowest BCUT2D eigenvalue weighted by atomic mass is 10.1. The number of anilines is 2. The minimum absolute atomic E-state index is 0.149. The summed E-state index contributed by atoms with van der Waals surface area (Å²) in [5.41, 5.74) is 4.45. The zero-order chi connectivity index (χ0) is 18.5. The first-order chi connectivity index (χ1) is 12.5. The smallest absolute Gasteiger partial charge is 0.187 e. The van der Waals surface area contributed by atoms with Gasteiger partial charge in [0.25, 0.3) is 0 Å². The van der Waals surface area contributed by atoms with Gasteiger partial charge in [-0.05, 0) is 72.1 Å². The average Bonchev–Trinajstić information content (AvgIpc) is 3.07. The SMILES string of the molecule is CCCc1ccc(Nc2nc(-c3ccc(OC(C)C)c(Br)c3)cs2)cc1. The molecule has 0 aliphatic heterocycles. The van der Waals surface area contributed by atoms with Crippen molar-refractivity contribution in [1.29, 1.82) is 0 Å². The number of aromatic nitrogens is 1. The van der Waals surface area contributed by atoms with E-state index in [-0.39, 0.29) is 6.10 Å². The van der Waals surface area contributed by atoms with Gasteiger partial charge in [-0.3, -0.25) is 0 Å². The molecule has 26 heavy (non-hydrogen) atoms. The van der Waals surface area contributed by atoms with Gasteiger partial charge in [-0.1, -0.05) is 25.5 Å². The minimum atomic E-state index is 0.149. The van der Waals surface area contributed by atoms with E-state index in [1.165, 1.54) is 12.0 Å². The van der Waals surface area contributed by atoms with Gasteiger partial charge in [-0.25, -0.2) is 4.98 Å². The Morgan fingerprint density at radius 3 is 2.58 bits per heavy atom. The van der Waals surface area contributed by atoms with Crippen molar-refractivity contribution in [3.8, 4) is 17.0 Å². The van der Waals surface area contributed by atoms with Crippen molar-refractivity contribution in [1.82, 2.24) is 4.98 Å². The second kappa shape index (κ2) is 8.69. The molecule has 0 fully saturated rings. The summed E-state index contributed by atoms with van der Waals surface area (Å²) in [5, 5.41) is 6.35. The molecular formula is C21H23BrN2OS. The number of rotatable bonds is 7. The van der Waals surface area contributed by atoms with Gasteiger partial charge >= 0.3 is 0 Å². The Bertz CT molecular complexity index is 859. The molecule has 3 aromatic rings. The Labute approximate surface area is 167 Å². The third-order valence-electron chi connectivity index (χ3n) is 3.84. The van der Waals surface area contributed by atoms with E-state index in [1.807, 2.05) is 26.0 Å². The number of hydrogen-bond acceptors (Lipinski definition) is 4. The van der Waals surface area contributed by atoms with Crippen LogP contribution in [0.5, 0.6) is 5.75 Å². The fourth-order valence-electron chi connectivity index (χ4n) is 2.64. The molecule has 0 unspecified atom stereocenters. The number of thiazole rings is 1. The summed E-state index contributed by atoms with van der Waals surface area (Å²) in [6.45, 7) is 6.24. The molecule has 1 aromatic heterocycles. The minimum Gasteiger partial charge on any atom is -0.490 e. The number of hydrogen-bond donors (Lipinski definition) is 1. The van der Waals surface area contributed by atoms with Gasteiger partial charge in [0.1, 0.15) is 5.75 Å². The third kappa shape index (κ3) is 4.86. The summed E-state index contributed by atoms with van der Waals surface area (Å²) in [6.07, 6.45) is 2.43. The zero-order valence-corrected chi connectivity index (χ0v) is 17.7. The van der Waals surface area contributed by atoms with Gasteiger partial charge in [-0.2, -0.15) is 0 Å². The molecule has 0 spiro atoms. The number of aryl methyl sites for hydroxylation is 1. The lowest BCUT2D eigenvalue weighted by Crippen LogP contribution is -2.05. The largest absolute Gasteiger partial charge is 0.490 e. The van der Waals surface area contributed by atoms with Crippen LogP contribution in [0.3, 0.4) is 0 Å². The molecule has 136 valence electrons. The van der Waals surface area contributed by atoms with Crippen LogP contribution in [0.1, 0.15) is 32.8 Å². The highest BCUT2D eigenvalue weighted by molar-refractivity contribution is 9.10. The van der Waals surface area contributed by atoms with Gasteiger partial charge in [0.2, 0.25) is 0 Å². The molecule has 1 N–H and O–H groups in total. The van der Waals surface area contributed by atoms with E-state index >= 15 is 0 Å². The molecule has 0 bridgehead atoms. The molecule has 1 heterocycles. The molecule has 3 rings (SSSR count). The Morgan fingerprint density at radius 2 is 1.92 bits per heavy atom. The highest BCUT2D eigenvalue weighted by atomic mass is 79.9. The Kier molecular flexibility index (Phi) is 6.33. The maximum atomic E-state index is 5.77. The van der Waals surface area contributed by atoms with Crippen LogP contribution in [0.25, 0.3) is 11.3 Å². The second-order valence-electron chi connectivity index (χ2n) is 6.42. The first-order valence-corrected chi connectivity index (χ1v) is 10.5. The topological polar surface area (TPSA) is 34.2 Å². The van der Waals surface area contributed by atoms with Crippen molar-refractivity contribution in [2.24, 2.45) is 0 Å². The van der Waals surface area contributed by atoms with Crippen molar-refractivity contribution >= 4 is 38.1 Å². The first-order valence-electron chi connectivity index (χ1n) is 8.83. The maximum Gasteiger partial charge on any atom is 0.187 e. The maximum absolute atomic E-state index is 5.77. The predicted molar refractivity (Wildman–Crippen MR) is 115 cm³/mol. The van der Waals surface area contributed by atoms with Gasteiger partial charge in [0.15, 0.2) is 5.13 Å². The Hall–Kier alpha value is -1.85. The van der Waals surface area contributed by atoms with Crippen molar-refractivity contribution in [2.45, 2.75) is 39.7 Å². The van der Waals surface area contributed by atoms with E-state index in [4.69, 9.17) is 9.72 Å². The van der Waals surface area contributed by atoms with Gasteiger partial charge in [0, 0.05) is 16.6 Å². The highest BCUT2D eigenvalue weighted by Gasteiger charge is 2.09. The number of ether oxygens (including phenoxy) is 1. The van der Waals surface area contributed by atoms with Crippen LogP contribution in [0.15, 0.2) is 52.3 Å². The second-order valence-corrected chi connectivity index (χ2v) is 8.13. The molecule has 5 heteroatoms. The quantitative estimate of drug-likeness (QED) is 0.435. The van der Waals surface area contributed by atoms with E-state index in [1.54, 1.807) is 11.3 Å². The molecule has 0 saturated carbocycles. The third-order valence-corrected chi connectivity index (χ3v) is 5.22. The normalized spacial score (nSPS) is 11.0. The molecule has 2 aromatic carbocycles. The van der Waals surface area contributed by atoms with E-state index in [0.29, 0.717) is 0 Å². The van der Waals surface area contributed by atoms with E-state index in [0.717, 1.165) is 38.7 Å². The summed E-state index contributed by atoms with van der Waals surface area (Å²) in [5.74, 6) is 0.851. The number of nitrogens with zero attached hydrogens (tertiary/aromatic N) is 1. The van der Waals surface area contributed by atoms with Crippen LogP contribution in [-0.2, 0) is 6.42 Å². The predicted octanol–water partition coefficient (Wildman–Crippen LogP) is 7.06. The lowest BCUT2D eigenvalue weighted by molar-refractivity contribution is 0.241. The number of nitrogens with one attached hydrogen (secondary N) is 1. The van der Waals surface area contributed by atoms with Gasteiger partial charge in [0.05, 0.1) is 16.3 Å². The van der Waals surface area contributed by atoms with E-state index in [2.05, 4.69) is 63.9 Å². The van der Waals surface area contributed by atoms with Crippen LogP contribution in [-0.4, -0.2) is 11.1 Å². The molecular weight excluding hydrogens is 408 g/mol. The molecule has 0 saturated heterocycles. The number of halogens is 1. The lowest BCUT2D eigenvalue weighted by Gasteiger charge is -2.12. The molecule has 0 atom stereocenters. The van der Waals surface area contributed by atoms with Crippen LogP contribution in [0.2, 0.25) is 0 Å². The molecule has 0 radical (unpaired) electrons. The van der Waals surface area contributed by atoms with Crippen LogP contribution in [0, 0.1) is 0 Å². The standard InChI is InChI=1S/C21H23BrN2OS/c1-4-5-15-6-9-17(10-7-15)23-21-24-19(13-26-21)16-8-11-20(18(22)12-16)25-14(2)3/h6-14H,4-5H2,1-3H3,(H,23,24). The van der Waals surface area contributed by atoms with Crippen LogP contribution >= 0.6 is 27.3 Å². The summed E-state index contributed by atoms with van der Waals surface area (Å²) in [6, 6.07) is 14.6. The average molecular weight is 431 g/mol. The fourth-order valence-corrected chi connectivity index (χ4v) is 3.85. The monoisotopic (exact) mass is 430 g/mol. The van der Waals surface area contributed by atoms with Crippen molar-refractivity contribution < 1.29 is 4.74 Å². The highest BCUT2D eigenvalue weighted by Crippen LogP contribution is 2.33. The van der Waals surface area contributed by atoms with E-state index in [9.17, 15) is 0 Å². The number of benzene rings is 2. The molecule has 0 aliphatic carbocycles. The molecule has 0 aliphatic rings. The zero-order valence-electron chi connectivity index (χ0n) is 15.3. The fraction of sp³-hybridized carbons (Fsp3) is 0.286. The van der Waals surface area contributed by atoms with Crippen LogP contribution < -0.4 is 10.1 Å². The Balaban J connectivity index is 1.72. The summed E-state index contributed by atoms with van der Waals surface area (Å²) in [4.78, 5) is 4.71. The van der Waals surface area contributed by atoms with Crippen molar-refractivity contribution in [3.05, 3.63) is 57.9 Å². The summed E-state index contributed by atoms with van der Waals surface area (Å²) >= 11 is 5.19. The van der Waals surface area contributed by atoms with Gasteiger partial charge < -0.3 is 10.1 Å². The van der Waals surface area contributed by atoms with Gasteiger partial charge in [-0.15, -0.1) is 11.3 Å². The molecule has 0 amide bonds. The molecule has 3 nitrogen and oxygen atoms in total. The van der Waals surface area contributed by atoms with E-state index < -0.39 is 0 Å². The Morgan fingerprint density at radius 1 is 1.15 bits per heavy atom.